The average Bonchev–Trinajstić information content (AvgIpc) is 2.68. The molecular formula is C10H18N4O. The second kappa shape index (κ2) is 5.23. The van der Waals surface area contributed by atoms with Gasteiger partial charge in [-0.25, -0.2) is 0 Å². The van der Waals surface area contributed by atoms with Crippen LogP contribution in [0.15, 0.2) is 6.33 Å². The smallest absolute Gasteiger partial charge is 0.133 e. The maximum Gasteiger partial charge on any atom is 0.133 e. The number of aromatic nitrogens is 3. The quantitative estimate of drug-likeness (QED) is 0.723. The zero-order valence-electron chi connectivity index (χ0n) is 8.89. The van der Waals surface area contributed by atoms with Gasteiger partial charge >= 0.3 is 0 Å². The van der Waals surface area contributed by atoms with Crippen molar-refractivity contribution in [2.75, 3.05) is 19.7 Å². The van der Waals surface area contributed by atoms with Crippen LogP contribution in [0.5, 0.6) is 0 Å². The van der Waals surface area contributed by atoms with Gasteiger partial charge in [-0.05, 0) is 31.8 Å². The first-order valence-corrected chi connectivity index (χ1v) is 5.58. The molecule has 1 aliphatic heterocycles. The minimum atomic E-state index is 0.147. The van der Waals surface area contributed by atoms with Crippen LogP contribution >= 0.6 is 0 Å². The summed E-state index contributed by atoms with van der Waals surface area (Å²) in [5.74, 6) is 1.66. The van der Waals surface area contributed by atoms with Crippen LogP contribution < -0.4 is 5.32 Å². The molecule has 0 amide bonds. The van der Waals surface area contributed by atoms with Crippen molar-refractivity contribution in [3.05, 3.63) is 12.2 Å². The molecule has 1 aliphatic rings. The first kappa shape index (κ1) is 10.6. The van der Waals surface area contributed by atoms with Gasteiger partial charge in [-0.3, -0.25) is 0 Å². The van der Waals surface area contributed by atoms with Crippen LogP contribution in [-0.2, 0) is 13.0 Å². The van der Waals surface area contributed by atoms with Gasteiger partial charge in [0.15, 0.2) is 0 Å². The van der Waals surface area contributed by atoms with Crippen molar-refractivity contribution in [2.45, 2.75) is 25.8 Å². The second-order valence-corrected chi connectivity index (χ2v) is 4.08. The van der Waals surface area contributed by atoms with Crippen LogP contribution in [0.4, 0.5) is 0 Å². The maximum absolute atomic E-state index is 8.88. The third-order valence-corrected chi connectivity index (χ3v) is 2.91. The van der Waals surface area contributed by atoms with E-state index >= 15 is 0 Å². The first-order valence-electron chi connectivity index (χ1n) is 5.58. The van der Waals surface area contributed by atoms with Crippen LogP contribution in [0.1, 0.15) is 18.7 Å². The zero-order valence-corrected chi connectivity index (χ0v) is 8.89. The Morgan fingerprint density at radius 2 is 2.53 bits per heavy atom. The summed E-state index contributed by atoms with van der Waals surface area (Å²) in [6.07, 6.45) is 5.17. The monoisotopic (exact) mass is 210 g/mol. The van der Waals surface area contributed by atoms with E-state index in [0.29, 0.717) is 12.5 Å². The minimum absolute atomic E-state index is 0.147. The highest BCUT2D eigenvalue weighted by Gasteiger charge is 2.16. The SMILES string of the molecule is OCCn1cnnc1CC1CCCNC1. The summed E-state index contributed by atoms with van der Waals surface area (Å²) < 4.78 is 1.94. The van der Waals surface area contributed by atoms with E-state index in [-0.39, 0.29) is 6.61 Å². The van der Waals surface area contributed by atoms with E-state index in [2.05, 4.69) is 15.5 Å². The van der Waals surface area contributed by atoms with Gasteiger partial charge in [0.1, 0.15) is 12.2 Å². The van der Waals surface area contributed by atoms with Gasteiger partial charge in [0, 0.05) is 13.0 Å². The van der Waals surface area contributed by atoms with Gasteiger partial charge in [0.05, 0.1) is 6.61 Å². The highest BCUT2D eigenvalue weighted by Crippen LogP contribution is 2.14. The summed E-state index contributed by atoms with van der Waals surface area (Å²) in [5.41, 5.74) is 0. The fraction of sp³-hybridized carbons (Fsp3) is 0.800. The largest absolute Gasteiger partial charge is 0.395 e. The van der Waals surface area contributed by atoms with Crippen LogP contribution in [0.3, 0.4) is 0 Å². The Morgan fingerprint density at radius 1 is 1.60 bits per heavy atom. The van der Waals surface area contributed by atoms with Gasteiger partial charge in [-0.15, -0.1) is 10.2 Å². The summed E-state index contributed by atoms with van der Waals surface area (Å²) in [6, 6.07) is 0. The molecule has 2 rings (SSSR count). The Labute approximate surface area is 89.5 Å². The number of nitrogens with one attached hydrogen (secondary N) is 1. The molecule has 84 valence electrons. The lowest BCUT2D eigenvalue weighted by molar-refractivity contribution is 0.272. The molecule has 1 atom stereocenters. The highest BCUT2D eigenvalue weighted by molar-refractivity contribution is 4.89. The topological polar surface area (TPSA) is 63.0 Å². The molecule has 0 aliphatic carbocycles. The predicted molar refractivity (Wildman–Crippen MR) is 56.4 cm³/mol. The Kier molecular flexibility index (Phi) is 3.69. The molecule has 5 nitrogen and oxygen atoms in total. The summed E-state index contributed by atoms with van der Waals surface area (Å²) in [6.45, 7) is 2.96. The maximum atomic E-state index is 8.88. The molecule has 1 unspecified atom stereocenters. The van der Waals surface area contributed by atoms with E-state index in [1.54, 1.807) is 6.33 Å². The first-order chi connectivity index (χ1) is 7.40. The van der Waals surface area contributed by atoms with Gasteiger partial charge in [-0.2, -0.15) is 0 Å². The number of aliphatic hydroxyl groups is 1. The van der Waals surface area contributed by atoms with Gasteiger partial charge in [-0.1, -0.05) is 0 Å². The van der Waals surface area contributed by atoms with Crippen molar-refractivity contribution in [2.24, 2.45) is 5.92 Å². The van der Waals surface area contributed by atoms with Crippen molar-refractivity contribution in [1.29, 1.82) is 0 Å². The molecule has 1 saturated heterocycles. The molecule has 0 radical (unpaired) electrons. The summed E-state index contributed by atoms with van der Waals surface area (Å²) in [7, 11) is 0. The molecule has 0 bridgehead atoms. The normalized spacial score (nSPS) is 21.8. The van der Waals surface area contributed by atoms with Crippen molar-refractivity contribution in [3.63, 3.8) is 0 Å². The van der Waals surface area contributed by atoms with Gasteiger partial charge < -0.3 is 15.0 Å². The molecule has 1 fully saturated rings. The third kappa shape index (κ3) is 2.76. The molecule has 5 heteroatoms. The number of nitrogens with zero attached hydrogens (tertiary/aromatic N) is 3. The summed E-state index contributed by atoms with van der Waals surface area (Å²) in [5, 5.41) is 20.3. The molecule has 0 spiro atoms. The van der Waals surface area contributed by atoms with Crippen LogP contribution in [-0.4, -0.2) is 39.6 Å². The molecule has 0 aromatic carbocycles. The predicted octanol–water partition coefficient (Wildman–Crippen LogP) is -0.187. The molecule has 0 saturated carbocycles. The molecule has 15 heavy (non-hydrogen) atoms. The van der Waals surface area contributed by atoms with Crippen molar-refractivity contribution in [1.82, 2.24) is 20.1 Å². The van der Waals surface area contributed by atoms with Crippen LogP contribution in [0.25, 0.3) is 0 Å². The van der Waals surface area contributed by atoms with Gasteiger partial charge in [0.25, 0.3) is 0 Å². The van der Waals surface area contributed by atoms with E-state index in [4.69, 9.17) is 5.11 Å². The third-order valence-electron chi connectivity index (χ3n) is 2.91. The van der Waals surface area contributed by atoms with E-state index in [1.165, 1.54) is 12.8 Å². The zero-order chi connectivity index (χ0) is 10.5. The molecular weight excluding hydrogens is 192 g/mol. The lowest BCUT2D eigenvalue weighted by atomic mass is 9.96. The van der Waals surface area contributed by atoms with Crippen molar-refractivity contribution >= 4 is 0 Å². The Hall–Kier alpha value is -0.940. The van der Waals surface area contributed by atoms with Crippen LogP contribution in [0, 0.1) is 5.92 Å². The lowest BCUT2D eigenvalue weighted by Gasteiger charge is -2.22. The summed E-state index contributed by atoms with van der Waals surface area (Å²) >= 11 is 0. The average molecular weight is 210 g/mol. The van der Waals surface area contributed by atoms with E-state index in [0.717, 1.165) is 25.3 Å². The van der Waals surface area contributed by atoms with Crippen molar-refractivity contribution < 1.29 is 5.11 Å². The minimum Gasteiger partial charge on any atom is -0.395 e. The number of rotatable bonds is 4. The lowest BCUT2D eigenvalue weighted by Crippen LogP contribution is -2.31. The van der Waals surface area contributed by atoms with E-state index in [1.807, 2.05) is 4.57 Å². The molecule has 2 heterocycles. The van der Waals surface area contributed by atoms with Gasteiger partial charge in [0.2, 0.25) is 0 Å². The fourth-order valence-electron chi connectivity index (χ4n) is 2.09. The Morgan fingerprint density at radius 3 is 3.27 bits per heavy atom. The van der Waals surface area contributed by atoms with Crippen molar-refractivity contribution in [3.8, 4) is 0 Å². The van der Waals surface area contributed by atoms with Crippen LogP contribution in [0.2, 0.25) is 0 Å². The van der Waals surface area contributed by atoms with E-state index in [9.17, 15) is 0 Å². The standard InChI is InChI=1S/C10H18N4O/c15-5-4-14-8-12-13-10(14)6-9-2-1-3-11-7-9/h8-9,11,15H,1-7H2. The molecule has 2 N–H and O–H groups in total. The highest BCUT2D eigenvalue weighted by atomic mass is 16.3. The summed E-state index contributed by atoms with van der Waals surface area (Å²) in [4.78, 5) is 0. The Balaban J connectivity index is 1.93. The number of aliphatic hydroxyl groups excluding tert-OH is 1. The second-order valence-electron chi connectivity index (χ2n) is 4.08. The number of hydrogen-bond donors (Lipinski definition) is 2. The fourth-order valence-corrected chi connectivity index (χ4v) is 2.09. The number of hydrogen-bond acceptors (Lipinski definition) is 4. The molecule has 1 aromatic heterocycles. The Bertz CT molecular complexity index is 293. The van der Waals surface area contributed by atoms with E-state index < -0.39 is 0 Å². The molecule has 1 aromatic rings. The number of piperidine rings is 1.